The molecule has 2 aromatic carbocycles. The lowest BCUT2D eigenvalue weighted by Crippen LogP contribution is -2.34. The van der Waals surface area contributed by atoms with Gasteiger partial charge in [-0.25, -0.2) is 0 Å². The predicted octanol–water partition coefficient (Wildman–Crippen LogP) is 3.73. The van der Waals surface area contributed by atoms with Gasteiger partial charge in [0.25, 0.3) is 11.8 Å². The van der Waals surface area contributed by atoms with Crippen molar-refractivity contribution in [2.45, 2.75) is 39.2 Å². The molecule has 1 aliphatic heterocycles. The molecule has 3 rings (SSSR count). The largest absolute Gasteiger partial charge is 0.490 e. The van der Waals surface area contributed by atoms with Gasteiger partial charge in [-0.15, -0.1) is 0 Å². The van der Waals surface area contributed by atoms with E-state index in [1.54, 1.807) is 6.07 Å². The second-order valence-electron chi connectivity index (χ2n) is 7.61. The number of rotatable bonds is 11. The third-order valence-corrected chi connectivity index (χ3v) is 5.36. The van der Waals surface area contributed by atoms with E-state index in [-0.39, 0.29) is 31.1 Å². The van der Waals surface area contributed by atoms with Gasteiger partial charge in [0, 0.05) is 18.7 Å². The summed E-state index contributed by atoms with van der Waals surface area (Å²) >= 11 is 0. The first kappa shape index (κ1) is 23.4. The van der Waals surface area contributed by atoms with E-state index in [1.165, 1.54) is 0 Å². The number of hydrogen-bond donors (Lipinski definition) is 1. The number of nitrogens with zero attached hydrogens (tertiary/aromatic N) is 1. The molecule has 0 aliphatic carbocycles. The lowest BCUT2D eigenvalue weighted by molar-refractivity contribution is -0.132. The molecular formula is C25H32N2O5. The lowest BCUT2D eigenvalue weighted by atomic mass is 10.0. The van der Waals surface area contributed by atoms with Gasteiger partial charge in [0.15, 0.2) is 24.7 Å². The van der Waals surface area contributed by atoms with Crippen molar-refractivity contribution in [2.24, 2.45) is 0 Å². The second-order valence-corrected chi connectivity index (χ2v) is 7.61. The zero-order valence-electron chi connectivity index (χ0n) is 18.8. The average Bonchev–Trinajstić information content (AvgIpc) is 3.36. The van der Waals surface area contributed by atoms with Crippen LogP contribution in [0.3, 0.4) is 0 Å². The first-order valence-corrected chi connectivity index (χ1v) is 11.3. The van der Waals surface area contributed by atoms with Crippen LogP contribution >= 0.6 is 0 Å². The first-order chi connectivity index (χ1) is 15.6. The molecule has 0 spiro atoms. The maximum atomic E-state index is 12.6. The van der Waals surface area contributed by atoms with E-state index in [9.17, 15) is 9.59 Å². The number of carbonyl (C=O) groups is 2. The van der Waals surface area contributed by atoms with Crippen LogP contribution in [0.2, 0.25) is 0 Å². The highest BCUT2D eigenvalue weighted by molar-refractivity contribution is 5.79. The minimum absolute atomic E-state index is 0.00127. The van der Waals surface area contributed by atoms with E-state index >= 15 is 0 Å². The number of hydrogen-bond acceptors (Lipinski definition) is 5. The molecule has 1 heterocycles. The SMILES string of the molecule is CCOc1ccccc1OCC(=O)NC(CC)c1ccccc1OCC(=O)N1CCCC1. The fourth-order valence-electron chi connectivity index (χ4n) is 3.72. The monoisotopic (exact) mass is 440 g/mol. The van der Waals surface area contributed by atoms with Gasteiger partial charge in [-0.05, 0) is 44.4 Å². The molecule has 1 N–H and O–H groups in total. The van der Waals surface area contributed by atoms with Gasteiger partial charge in [-0.3, -0.25) is 9.59 Å². The van der Waals surface area contributed by atoms with Crippen molar-refractivity contribution in [1.82, 2.24) is 10.2 Å². The summed E-state index contributed by atoms with van der Waals surface area (Å²) < 4.78 is 17.1. The molecule has 172 valence electrons. The summed E-state index contributed by atoms with van der Waals surface area (Å²) in [6.07, 6.45) is 2.76. The van der Waals surface area contributed by atoms with Crippen LogP contribution in [0, 0.1) is 0 Å². The third kappa shape index (κ3) is 6.39. The van der Waals surface area contributed by atoms with Gasteiger partial charge in [0.05, 0.1) is 12.6 Å². The smallest absolute Gasteiger partial charge is 0.260 e. The molecule has 0 saturated carbocycles. The summed E-state index contributed by atoms with van der Waals surface area (Å²) in [6.45, 7) is 5.86. The zero-order chi connectivity index (χ0) is 22.8. The predicted molar refractivity (Wildman–Crippen MR) is 122 cm³/mol. The van der Waals surface area contributed by atoms with Crippen LogP contribution in [0.25, 0.3) is 0 Å². The minimum atomic E-state index is -0.258. The molecule has 1 fully saturated rings. The normalized spacial score (nSPS) is 14.0. The molecule has 1 unspecified atom stereocenters. The van der Waals surface area contributed by atoms with Crippen molar-refractivity contribution in [1.29, 1.82) is 0 Å². The zero-order valence-corrected chi connectivity index (χ0v) is 18.8. The van der Waals surface area contributed by atoms with Crippen molar-refractivity contribution in [3.63, 3.8) is 0 Å². The fourth-order valence-corrected chi connectivity index (χ4v) is 3.72. The molecule has 1 atom stereocenters. The number of para-hydroxylation sites is 3. The highest BCUT2D eigenvalue weighted by atomic mass is 16.5. The maximum absolute atomic E-state index is 12.6. The van der Waals surface area contributed by atoms with Gasteiger partial charge in [-0.1, -0.05) is 37.3 Å². The van der Waals surface area contributed by atoms with E-state index in [1.807, 2.05) is 61.2 Å². The molecule has 7 heteroatoms. The number of nitrogens with one attached hydrogen (secondary N) is 1. The first-order valence-electron chi connectivity index (χ1n) is 11.3. The second kappa shape index (κ2) is 12.0. The molecule has 1 saturated heterocycles. The van der Waals surface area contributed by atoms with Gasteiger partial charge in [0.1, 0.15) is 5.75 Å². The Morgan fingerprint density at radius 2 is 1.47 bits per heavy atom. The van der Waals surface area contributed by atoms with Gasteiger partial charge >= 0.3 is 0 Å². The third-order valence-electron chi connectivity index (χ3n) is 5.36. The van der Waals surface area contributed by atoms with E-state index in [0.717, 1.165) is 31.5 Å². The lowest BCUT2D eigenvalue weighted by Gasteiger charge is -2.22. The van der Waals surface area contributed by atoms with Crippen LogP contribution < -0.4 is 19.5 Å². The molecule has 0 bridgehead atoms. The Labute approximate surface area is 189 Å². The quantitative estimate of drug-likeness (QED) is 0.576. The van der Waals surface area contributed by atoms with Crippen molar-refractivity contribution >= 4 is 11.8 Å². The van der Waals surface area contributed by atoms with Crippen molar-refractivity contribution in [2.75, 3.05) is 32.9 Å². The molecule has 7 nitrogen and oxygen atoms in total. The fraction of sp³-hybridized carbons (Fsp3) is 0.440. The van der Waals surface area contributed by atoms with Crippen LogP contribution in [-0.2, 0) is 9.59 Å². The molecule has 1 aliphatic rings. The number of carbonyl (C=O) groups excluding carboxylic acids is 2. The molecule has 2 amide bonds. The van der Waals surface area contributed by atoms with Crippen LogP contribution in [0.15, 0.2) is 48.5 Å². The van der Waals surface area contributed by atoms with E-state index in [0.29, 0.717) is 30.3 Å². The average molecular weight is 441 g/mol. The Morgan fingerprint density at radius 3 is 2.12 bits per heavy atom. The number of ether oxygens (including phenoxy) is 3. The van der Waals surface area contributed by atoms with E-state index in [4.69, 9.17) is 14.2 Å². The number of benzene rings is 2. The topological polar surface area (TPSA) is 77.1 Å². The standard InChI is InChI=1S/C25H32N2O5/c1-3-20(26-24(28)17-31-23-14-8-7-13-22(23)30-4-2)19-11-5-6-12-21(19)32-18-25(29)27-15-9-10-16-27/h5-8,11-14,20H,3-4,9-10,15-18H2,1-2H3,(H,26,28). The molecular weight excluding hydrogens is 408 g/mol. The van der Waals surface area contributed by atoms with Gasteiger partial charge in [-0.2, -0.15) is 0 Å². The molecule has 2 aromatic rings. The van der Waals surface area contributed by atoms with Gasteiger partial charge in [0.2, 0.25) is 0 Å². The van der Waals surface area contributed by atoms with Crippen molar-refractivity contribution in [3.05, 3.63) is 54.1 Å². The molecule has 0 radical (unpaired) electrons. The minimum Gasteiger partial charge on any atom is -0.490 e. The summed E-state index contributed by atoms with van der Waals surface area (Å²) in [7, 11) is 0. The number of likely N-dealkylation sites (tertiary alicyclic amines) is 1. The van der Waals surface area contributed by atoms with Crippen LogP contribution in [0.4, 0.5) is 0 Å². The summed E-state index contributed by atoms with van der Waals surface area (Å²) in [4.78, 5) is 26.8. The summed E-state index contributed by atoms with van der Waals surface area (Å²) in [5.41, 5.74) is 0.840. The van der Waals surface area contributed by atoms with Crippen LogP contribution in [0.1, 0.15) is 44.7 Å². The van der Waals surface area contributed by atoms with Crippen LogP contribution in [-0.4, -0.2) is 49.6 Å². The Kier molecular flexibility index (Phi) is 8.78. The van der Waals surface area contributed by atoms with Gasteiger partial charge < -0.3 is 24.4 Å². The van der Waals surface area contributed by atoms with E-state index < -0.39 is 0 Å². The number of amides is 2. The Balaban J connectivity index is 1.59. The van der Waals surface area contributed by atoms with Crippen molar-refractivity contribution in [3.8, 4) is 17.2 Å². The molecule has 32 heavy (non-hydrogen) atoms. The summed E-state index contributed by atoms with van der Waals surface area (Å²) in [5.74, 6) is 1.50. The summed E-state index contributed by atoms with van der Waals surface area (Å²) in [5, 5.41) is 3.01. The highest BCUT2D eigenvalue weighted by Gasteiger charge is 2.21. The van der Waals surface area contributed by atoms with Crippen molar-refractivity contribution < 1.29 is 23.8 Å². The Bertz CT molecular complexity index is 895. The Morgan fingerprint density at radius 1 is 0.875 bits per heavy atom. The highest BCUT2D eigenvalue weighted by Crippen LogP contribution is 2.28. The van der Waals surface area contributed by atoms with E-state index in [2.05, 4.69) is 5.32 Å². The molecule has 0 aromatic heterocycles. The maximum Gasteiger partial charge on any atom is 0.260 e. The Hall–Kier alpha value is -3.22. The van der Waals surface area contributed by atoms with Crippen LogP contribution in [0.5, 0.6) is 17.2 Å². The summed E-state index contributed by atoms with van der Waals surface area (Å²) in [6, 6.07) is 14.5.